The molecule has 12 N–H and O–H groups in total. The number of benzene rings is 4. The molecule has 77 heavy (non-hydrogen) atoms. The molecule has 8 amide bonds. The second-order valence-electron chi connectivity index (χ2n) is 19.1. The van der Waals surface area contributed by atoms with Crippen LogP contribution in [0.15, 0.2) is 121 Å². The van der Waals surface area contributed by atoms with E-state index in [4.69, 9.17) is 4.74 Å². The van der Waals surface area contributed by atoms with E-state index in [9.17, 15) is 43.2 Å². The van der Waals surface area contributed by atoms with Crippen LogP contribution < -0.4 is 64.7 Å². The van der Waals surface area contributed by atoms with Gasteiger partial charge in [0.2, 0.25) is 17.7 Å². The molecule has 4 aromatic carbocycles. The van der Waals surface area contributed by atoms with Crippen molar-refractivity contribution in [3.8, 4) is 0 Å². The Balaban J connectivity index is 1.38. The molecule has 0 fully saturated rings. The van der Waals surface area contributed by atoms with E-state index >= 15 is 0 Å². The fraction of sp³-hybridized carbons (Fsp3) is 0.389. The topological polar surface area (TPSA) is 316 Å². The number of hydrogen-bond donors (Lipinski definition) is 12. The number of ether oxygens (including phenoxy) is 2. The average molecular weight is 1070 g/mol. The molecule has 0 aliphatic carbocycles. The molecule has 23 nitrogen and oxygen atoms in total. The first-order valence-electron chi connectivity index (χ1n) is 25.0. The van der Waals surface area contributed by atoms with Crippen LogP contribution in [-0.4, -0.2) is 114 Å². The summed E-state index contributed by atoms with van der Waals surface area (Å²) < 4.78 is 10.1. The predicted molar refractivity (Wildman–Crippen MR) is 285 cm³/mol. The van der Waals surface area contributed by atoms with Gasteiger partial charge in [-0.25, -0.2) is 26.5 Å². The smallest absolute Gasteiger partial charge is 0.408 e. The third-order valence-electron chi connectivity index (χ3n) is 11.4. The Hall–Kier alpha value is -8.25. The molecule has 23 heteroatoms. The lowest BCUT2D eigenvalue weighted by molar-refractivity contribution is -0.143. The van der Waals surface area contributed by atoms with Crippen molar-refractivity contribution in [1.29, 1.82) is 0 Å². The van der Waals surface area contributed by atoms with Gasteiger partial charge in [-0.1, -0.05) is 121 Å². The Morgan fingerprint density at radius 3 is 0.870 bits per heavy atom. The molecule has 4 aromatic rings. The summed E-state index contributed by atoms with van der Waals surface area (Å²) in [6.07, 6.45) is -0.583. The number of hydrogen-bond acceptors (Lipinski definition) is 15. The summed E-state index contributed by atoms with van der Waals surface area (Å²) in [6, 6.07) is 26.7. The van der Waals surface area contributed by atoms with Crippen LogP contribution in [0.4, 0.5) is 4.79 Å². The summed E-state index contributed by atoms with van der Waals surface area (Å²) in [5.41, 5.74) is 22.5. The second kappa shape index (κ2) is 31.0. The number of alkyl carbamates (subject to hydrolysis) is 1. The van der Waals surface area contributed by atoms with Gasteiger partial charge in [-0.2, -0.15) is 0 Å². The van der Waals surface area contributed by atoms with Crippen LogP contribution in [0, 0.1) is 0 Å². The molecule has 414 valence electrons. The first-order valence-corrected chi connectivity index (χ1v) is 25.0. The minimum Gasteiger partial charge on any atom is -0.468 e. The quantitative estimate of drug-likeness (QED) is 0.0273. The SMILES string of the molecule is COC(=O)[C@@H](C)NNC(=O)[C@H](Cc1ccccc1)NC(=O)[C@@H](C)NNC(=O)[C@H](Cc1ccccc1)NC(=O)[C@@H](C)NNC(=O)[C@H](Cc1ccccc1)NC(=O)[C@@H](C)NNC(=O)[C@H](Cc1ccccc1)NC(=O)OC(C)(C)C. The molecule has 0 spiro atoms. The molecule has 4 rings (SSSR count). The summed E-state index contributed by atoms with van der Waals surface area (Å²) in [5.74, 6) is -5.46. The molecule has 0 saturated heterocycles. The van der Waals surface area contributed by atoms with Crippen LogP contribution in [0.25, 0.3) is 0 Å². The van der Waals surface area contributed by atoms with Gasteiger partial charge in [-0.15, -0.1) is 0 Å². The molecule has 0 radical (unpaired) electrons. The van der Waals surface area contributed by atoms with Crippen LogP contribution in [-0.2, 0) is 73.5 Å². The fourth-order valence-corrected chi connectivity index (χ4v) is 7.07. The molecular weight excluding hydrogens is 993 g/mol. The van der Waals surface area contributed by atoms with Crippen LogP contribution in [0.5, 0.6) is 0 Å². The largest absolute Gasteiger partial charge is 0.468 e. The summed E-state index contributed by atoms with van der Waals surface area (Å²) in [4.78, 5) is 120. The van der Waals surface area contributed by atoms with Gasteiger partial charge in [-0.05, 0) is 70.7 Å². The highest BCUT2D eigenvalue weighted by molar-refractivity contribution is 5.93. The molecule has 0 aliphatic rings. The molecule has 0 saturated carbocycles. The number of methoxy groups -OCH3 is 1. The van der Waals surface area contributed by atoms with Gasteiger partial charge < -0.3 is 30.7 Å². The first-order chi connectivity index (χ1) is 36.6. The lowest BCUT2D eigenvalue weighted by Gasteiger charge is -2.25. The van der Waals surface area contributed by atoms with Gasteiger partial charge >= 0.3 is 12.1 Å². The van der Waals surface area contributed by atoms with E-state index in [-0.39, 0.29) is 25.7 Å². The van der Waals surface area contributed by atoms with Crippen molar-refractivity contribution in [3.63, 3.8) is 0 Å². The van der Waals surface area contributed by atoms with Crippen molar-refractivity contribution < 1.29 is 52.6 Å². The third kappa shape index (κ3) is 22.2. The third-order valence-corrected chi connectivity index (χ3v) is 11.4. The number of esters is 1. The van der Waals surface area contributed by atoms with Crippen molar-refractivity contribution in [2.45, 2.75) is 128 Å². The zero-order valence-electron chi connectivity index (χ0n) is 44.5. The summed E-state index contributed by atoms with van der Waals surface area (Å²) in [7, 11) is 1.20. The lowest BCUT2D eigenvalue weighted by atomic mass is 10.0. The Labute approximate surface area is 448 Å². The number of carbonyl (C=O) groups is 9. The first kappa shape index (κ1) is 61.3. The molecule has 0 bridgehead atoms. The Bertz CT molecular complexity index is 2570. The summed E-state index contributed by atoms with van der Waals surface area (Å²) in [5, 5.41) is 10.6. The molecule has 0 heterocycles. The van der Waals surface area contributed by atoms with Crippen LogP contribution in [0.2, 0.25) is 0 Å². The molecule has 0 aromatic heterocycles. The number of hydrazine groups is 4. The van der Waals surface area contributed by atoms with Crippen molar-refractivity contribution in [1.82, 2.24) is 64.7 Å². The van der Waals surface area contributed by atoms with Gasteiger partial charge in [0, 0.05) is 25.7 Å². The van der Waals surface area contributed by atoms with Crippen LogP contribution in [0.3, 0.4) is 0 Å². The second-order valence-corrected chi connectivity index (χ2v) is 19.1. The zero-order chi connectivity index (χ0) is 56.5. The van der Waals surface area contributed by atoms with Gasteiger partial charge in [-0.3, -0.25) is 60.1 Å². The normalized spacial score (nSPS) is 14.2. The molecular formula is C54H72N12O11. The molecule has 0 unspecified atom stereocenters. The highest BCUT2D eigenvalue weighted by atomic mass is 16.6. The fourth-order valence-electron chi connectivity index (χ4n) is 7.07. The Kier molecular flexibility index (Phi) is 24.6. The van der Waals surface area contributed by atoms with E-state index < -0.39 is 107 Å². The monoisotopic (exact) mass is 1060 g/mol. The lowest BCUT2D eigenvalue weighted by Crippen LogP contribution is -2.61. The number of nitrogens with one attached hydrogen (secondary N) is 12. The summed E-state index contributed by atoms with van der Waals surface area (Å²) in [6.45, 7) is 10.9. The van der Waals surface area contributed by atoms with Crippen molar-refractivity contribution in [3.05, 3.63) is 144 Å². The van der Waals surface area contributed by atoms with E-state index in [2.05, 4.69) is 69.4 Å². The highest BCUT2D eigenvalue weighted by Gasteiger charge is 2.31. The van der Waals surface area contributed by atoms with Gasteiger partial charge in [0.05, 0.1) is 7.11 Å². The molecule has 8 atom stereocenters. The van der Waals surface area contributed by atoms with E-state index in [1.165, 1.54) is 34.8 Å². The van der Waals surface area contributed by atoms with E-state index in [1.54, 1.807) is 136 Å². The number of carbonyl (C=O) groups excluding carboxylic acids is 9. The average Bonchev–Trinajstić information content (AvgIpc) is 3.41. The van der Waals surface area contributed by atoms with E-state index in [0.29, 0.717) is 11.1 Å². The number of amides is 8. The minimum atomic E-state index is -1.21. The van der Waals surface area contributed by atoms with Crippen LogP contribution in [0.1, 0.15) is 70.7 Å². The maximum absolute atomic E-state index is 13.8. The Morgan fingerprint density at radius 2 is 0.623 bits per heavy atom. The van der Waals surface area contributed by atoms with Gasteiger partial charge in [0.15, 0.2) is 0 Å². The van der Waals surface area contributed by atoms with E-state index in [0.717, 1.165) is 11.1 Å². The zero-order valence-corrected chi connectivity index (χ0v) is 44.5. The predicted octanol–water partition coefficient (Wildman–Crippen LogP) is 0.515. The minimum absolute atomic E-state index is 0.0157. The van der Waals surface area contributed by atoms with Gasteiger partial charge in [0.1, 0.15) is 53.9 Å². The van der Waals surface area contributed by atoms with Crippen molar-refractivity contribution >= 4 is 53.4 Å². The Morgan fingerprint density at radius 1 is 0.377 bits per heavy atom. The standard InChI is InChI=1S/C54H72N12O11/c1-33(59-63-49(71)42(30-38-23-15-10-16-24-38)56-47(69)35(3)61-65-51(73)44(32-40-27-19-12-20-28-40)58-53(75)77-54(5,6)7)45(67)55-41(29-37-21-13-9-14-22-37)48(70)64-60-34(2)46(68)57-43(31-39-25-17-11-18-26-39)50(72)66-62-36(4)52(74)76-8/h9-28,33-36,41-44,59-62H,29-32H2,1-8H3,(H,55,67)(H,56,69)(H,57,68)(H,58,75)(H,63,71)(H,64,70)(H,65,73)(H,66,72)/t33-,34-,35-,36-,41+,42+,43+,44+/m1/s1. The van der Waals surface area contributed by atoms with Crippen molar-refractivity contribution in [2.24, 2.45) is 0 Å². The highest BCUT2D eigenvalue weighted by Crippen LogP contribution is 2.11. The van der Waals surface area contributed by atoms with E-state index in [1.807, 2.05) is 6.07 Å². The maximum atomic E-state index is 13.8. The summed E-state index contributed by atoms with van der Waals surface area (Å²) >= 11 is 0. The van der Waals surface area contributed by atoms with Crippen LogP contribution >= 0.6 is 0 Å². The molecule has 0 aliphatic heterocycles. The van der Waals surface area contributed by atoms with Gasteiger partial charge in [0.25, 0.3) is 23.6 Å². The number of rotatable bonds is 28. The van der Waals surface area contributed by atoms with Crippen molar-refractivity contribution in [2.75, 3.05) is 7.11 Å². The maximum Gasteiger partial charge on any atom is 0.408 e.